The number of carbonyl (C=O) groups is 1. The first-order valence-corrected chi connectivity index (χ1v) is 7.37. The molecular weight excluding hydrogens is 278 g/mol. The van der Waals surface area contributed by atoms with E-state index >= 15 is 0 Å². The zero-order valence-corrected chi connectivity index (χ0v) is 12.0. The molecule has 1 saturated heterocycles. The van der Waals surface area contributed by atoms with E-state index in [1.54, 1.807) is 12.3 Å². The van der Waals surface area contributed by atoms with E-state index in [0.717, 1.165) is 23.4 Å². The van der Waals surface area contributed by atoms with Crippen molar-refractivity contribution in [3.05, 3.63) is 60.2 Å². The highest BCUT2D eigenvalue weighted by Crippen LogP contribution is 2.29. The lowest BCUT2D eigenvalue weighted by Crippen LogP contribution is -2.29. The fraction of sp³-hybridized carbons (Fsp3) is 0.235. The summed E-state index contributed by atoms with van der Waals surface area (Å²) in [5.41, 5.74) is 2.15. The molecule has 0 spiro atoms. The molecule has 2 aromatic heterocycles. The molecule has 1 aliphatic heterocycles. The molecule has 1 amide bonds. The molecule has 1 aliphatic rings. The van der Waals surface area contributed by atoms with Gasteiger partial charge in [0.25, 0.3) is 5.91 Å². The first kappa shape index (κ1) is 13.0. The van der Waals surface area contributed by atoms with Crippen molar-refractivity contribution >= 4 is 17.0 Å². The second kappa shape index (κ2) is 5.26. The second-order valence-corrected chi connectivity index (χ2v) is 5.47. The smallest absolute Gasteiger partial charge is 0.272 e. The Bertz CT molecular complexity index is 780. The maximum atomic E-state index is 12.4. The molecular formula is C17H15N3O2. The number of aromatic nitrogens is 2. The van der Waals surface area contributed by atoms with E-state index in [2.05, 4.69) is 9.97 Å². The molecule has 0 bridgehead atoms. The minimum atomic E-state index is -0.0285. The summed E-state index contributed by atoms with van der Waals surface area (Å²) < 4.78 is 5.82. The molecule has 1 aromatic carbocycles. The van der Waals surface area contributed by atoms with Crippen LogP contribution in [-0.2, 0) is 0 Å². The van der Waals surface area contributed by atoms with Crippen LogP contribution in [0.15, 0.2) is 53.1 Å². The Morgan fingerprint density at radius 3 is 2.86 bits per heavy atom. The van der Waals surface area contributed by atoms with Gasteiger partial charge in [-0.25, -0.2) is 4.98 Å². The van der Waals surface area contributed by atoms with E-state index < -0.39 is 0 Å². The number of fused-ring (bicyclic) bond motifs is 1. The monoisotopic (exact) mass is 293 g/mol. The van der Waals surface area contributed by atoms with Crippen LogP contribution in [0.2, 0.25) is 0 Å². The van der Waals surface area contributed by atoms with Gasteiger partial charge in [0.15, 0.2) is 11.5 Å². The van der Waals surface area contributed by atoms with Crippen LogP contribution in [0.5, 0.6) is 0 Å². The molecule has 5 nitrogen and oxygen atoms in total. The lowest BCUT2D eigenvalue weighted by molar-refractivity contribution is 0.0784. The van der Waals surface area contributed by atoms with Gasteiger partial charge in [0.2, 0.25) is 0 Å². The Kier molecular flexibility index (Phi) is 3.11. The summed E-state index contributed by atoms with van der Waals surface area (Å²) in [4.78, 5) is 22.9. The van der Waals surface area contributed by atoms with E-state index in [0.29, 0.717) is 18.8 Å². The average Bonchev–Trinajstić information content (AvgIpc) is 3.21. The van der Waals surface area contributed by atoms with Gasteiger partial charge in [-0.05, 0) is 30.7 Å². The molecule has 3 heterocycles. The number of rotatable bonds is 2. The van der Waals surface area contributed by atoms with Crippen molar-refractivity contribution in [2.75, 3.05) is 13.1 Å². The summed E-state index contributed by atoms with van der Waals surface area (Å²) in [7, 11) is 0. The summed E-state index contributed by atoms with van der Waals surface area (Å²) in [6.45, 7) is 1.33. The van der Waals surface area contributed by atoms with Gasteiger partial charge in [-0.1, -0.05) is 18.2 Å². The highest BCUT2D eigenvalue weighted by molar-refractivity contribution is 5.92. The van der Waals surface area contributed by atoms with Gasteiger partial charge in [-0.2, -0.15) is 0 Å². The van der Waals surface area contributed by atoms with Gasteiger partial charge >= 0.3 is 0 Å². The van der Waals surface area contributed by atoms with Gasteiger partial charge in [0.1, 0.15) is 11.2 Å². The predicted molar refractivity (Wildman–Crippen MR) is 81.5 cm³/mol. The fourth-order valence-corrected chi connectivity index (χ4v) is 2.86. The Labute approximate surface area is 127 Å². The third-order valence-electron chi connectivity index (χ3n) is 4.02. The number of hydrogen-bond donors (Lipinski definition) is 0. The van der Waals surface area contributed by atoms with Crippen LogP contribution in [0, 0.1) is 0 Å². The number of para-hydroxylation sites is 2. The number of amides is 1. The van der Waals surface area contributed by atoms with E-state index in [1.807, 2.05) is 41.3 Å². The Balaban J connectivity index is 1.53. The Morgan fingerprint density at radius 2 is 2.05 bits per heavy atom. The summed E-state index contributed by atoms with van der Waals surface area (Å²) >= 11 is 0. The fourth-order valence-electron chi connectivity index (χ4n) is 2.86. The number of likely N-dealkylation sites (tertiary alicyclic amines) is 1. The molecule has 4 rings (SSSR count). The predicted octanol–water partition coefficient (Wildman–Crippen LogP) is 2.85. The van der Waals surface area contributed by atoms with Crippen molar-refractivity contribution in [2.24, 2.45) is 0 Å². The molecule has 3 aromatic rings. The van der Waals surface area contributed by atoms with Crippen LogP contribution in [-0.4, -0.2) is 33.9 Å². The molecule has 5 heteroatoms. The first-order valence-electron chi connectivity index (χ1n) is 7.37. The number of pyridine rings is 1. The quantitative estimate of drug-likeness (QED) is 0.729. The van der Waals surface area contributed by atoms with Crippen molar-refractivity contribution in [1.82, 2.24) is 14.9 Å². The van der Waals surface area contributed by atoms with Crippen LogP contribution >= 0.6 is 0 Å². The number of carbonyl (C=O) groups excluding carboxylic acids is 1. The number of benzene rings is 1. The molecule has 0 N–H and O–H groups in total. The van der Waals surface area contributed by atoms with Crippen LogP contribution in [0.1, 0.15) is 28.7 Å². The molecule has 110 valence electrons. The molecule has 22 heavy (non-hydrogen) atoms. The van der Waals surface area contributed by atoms with Crippen molar-refractivity contribution < 1.29 is 9.21 Å². The standard InChI is InChI=1S/C17H15N3O2/c21-17(14-6-3-4-9-18-14)20-10-8-12(11-20)16-19-13-5-1-2-7-15(13)22-16/h1-7,9,12H,8,10-11H2/t12-/m1/s1. The Hall–Kier alpha value is -2.69. The van der Waals surface area contributed by atoms with E-state index in [1.165, 1.54) is 0 Å². The van der Waals surface area contributed by atoms with Crippen molar-refractivity contribution in [3.63, 3.8) is 0 Å². The first-order chi connectivity index (χ1) is 10.8. The largest absolute Gasteiger partial charge is 0.440 e. The highest BCUT2D eigenvalue weighted by atomic mass is 16.3. The number of hydrogen-bond acceptors (Lipinski definition) is 4. The highest BCUT2D eigenvalue weighted by Gasteiger charge is 2.31. The van der Waals surface area contributed by atoms with Crippen molar-refractivity contribution in [2.45, 2.75) is 12.3 Å². The van der Waals surface area contributed by atoms with E-state index in [4.69, 9.17) is 4.42 Å². The number of nitrogens with zero attached hydrogens (tertiary/aromatic N) is 3. The topological polar surface area (TPSA) is 59.2 Å². The van der Waals surface area contributed by atoms with Gasteiger partial charge in [0, 0.05) is 19.3 Å². The van der Waals surface area contributed by atoms with Gasteiger partial charge in [-0.15, -0.1) is 0 Å². The minimum Gasteiger partial charge on any atom is -0.440 e. The molecule has 1 atom stereocenters. The second-order valence-electron chi connectivity index (χ2n) is 5.47. The van der Waals surface area contributed by atoms with Crippen LogP contribution < -0.4 is 0 Å². The number of oxazole rings is 1. The van der Waals surface area contributed by atoms with Crippen LogP contribution in [0.25, 0.3) is 11.1 Å². The normalized spacial score (nSPS) is 18.0. The third-order valence-corrected chi connectivity index (χ3v) is 4.02. The van der Waals surface area contributed by atoms with Gasteiger partial charge in [0.05, 0.1) is 5.92 Å². The molecule has 0 radical (unpaired) electrons. The Morgan fingerprint density at radius 1 is 1.18 bits per heavy atom. The zero-order valence-electron chi connectivity index (χ0n) is 12.0. The lowest BCUT2D eigenvalue weighted by Gasteiger charge is -2.15. The molecule has 0 saturated carbocycles. The van der Waals surface area contributed by atoms with Crippen LogP contribution in [0.3, 0.4) is 0 Å². The SMILES string of the molecule is O=C(c1ccccn1)N1CC[C@@H](c2nc3ccccc3o2)C1. The zero-order chi connectivity index (χ0) is 14.9. The van der Waals surface area contributed by atoms with Crippen molar-refractivity contribution in [1.29, 1.82) is 0 Å². The summed E-state index contributed by atoms with van der Waals surface area (Å²) in [5, 5.41) is 0. The van der Waals surface area contributed by atoms with Gasteiger partial charge < -0.3 is 9.32 Å². The maximum Gasteiger partial charge on any atom is 0.272 e. The van der Waals surface area contributed by atoms with Gasteiger partial charge in [-0.3, -0.25) is 9.78 Å². The van der Waals surface area contributed by atoms with E-state index in [9.17, 15) is 4.79 Å². The summed E-state index contributed by atoms with van der Waals surface area (Å²) in [6, 6.07) is 13.1. The summed E-state index contributed by atoms with van der Waals surface area (Å²) in [5.74, 6) is 0.844. The third kappa shape index (κ3) is 2.24. The molecule has 0 unspecified atom stereocenters. The maximum absolute atomic E-state index is 12.4. The van der Waals surface area contributed by atoms with Crippen molar-refractivity contribution in [3.8, 4) is 0 Å². The lowest BCUT2D eigenvalue weighted by atomic mass is 10.1. The summed E-state index contributed by atoms with van der Waals surface area (Å²) in [6.07, 6.45) is 2.51. The minimum absolute atomic E-state index is 0.0285. The molecule has 0 aliphatic carbocycles. The average molecular weight is 293 g/mol. The van der Waals surface area contributed by atoms with E-state index in [-0.39, 0.29) is 11.8 Å². The van der Waals surface area contributed by atoms with Crippen LogP contribution in [0.4, 0.5) is 0 Å². The molecule has 1 fully saturated rings.